The summed E-state index contributed by atoms with van der Waals surface area (Å²) >= 11 is 0. The lowest BCUT2D eigenvalue weighted by Crippen LogP contribution is -2.57. The Bertz CT molecular complexity index is 254. The molecule has 2 fully saturated rings. The molecule has 16 heavy (non-hydrogen) atoms. The summed E-state index contributed by atoms with van der Waals surface area (Å²) in [6.45, 7) is 10.0. The lowest BCUT2D eigenvalue weighted by atomic mass is 9.88. The molecule has 0 amide bonds. The zero-order valence-corrected chi connectivity index (χ0v) is 11.1. The smallest absolute Gasteiger partial charge is 0.0746 e. The number of aliphatic hydroxyl groups is 1. The van der Waals surface area contributed by atoms with Crippen molar-refractivity contribution in [3.8, 4) is 0 Å². The SMILES string of the molecule is CC1CN(C)CCN1C1CCC(C)(C)C1O. The third-order valence-corrected chi connectivity index (χ3v) is 4.56. The van der Waals surface area contributed by atoms with Gasteiger partial charge in [-0.15, -0.1) is 0 Å². The Labute approximate surface area is 99.4 Å². The molecule has 0 bridgehead atoms. The van der Waals surface area contributed by atoms with E-state index in [0.29, 0.717) is 12.1 Å². The van der Waals surface area contributed by atoms with E-state index in [0.717, 1.165) is 32.5 Å². The molecule has 1 saturated carbocycles. The van der Waals surface area contributed by atoms with Crippen molar-refractivity contribution in [3.05, 3.63) is 0 Å². The second kappa shape index (κ2) is 4.28. The summed E-state index contributed by atoms with van der Waals surface area (Å²) in [5, 5.41) is 10.4. The second-order valence-corrected chi connectivity index (χ2v) is 6.39. The number of nitrogens with zero attached hydrogens (tertiary/aromatic N) is 2. The monoisotopic (exact) mass is 226 g/mol. The molecule has 3 atom stereocenters. The zero-order chi connectivity index (χ0) is 11.9. The molecule has 0 aromatic rings. The van der Waals surface area contributed by atoms with E-state index in [9.17, 15) is 5.11 Å². The highest BCUT2D eigenvalue weighted by Gasteiger charge is 2.44. The molecule has 3 heteroatoms. The van der Waals surface area contributed by atoms with Crippen LogP contribution in [0.25, 0.3) is 0 Å². The van der Waals surface area contributed by atoms with Gasteiger partial charge in [-0.1, -0.05) is 13.8 Å². The number of piperazine rings is 1. The van der Waals surface area contributed by atoms with Crippen LogP contribution in [0.4, 0.5) is 0 Å². The van der Waals surface area contributed by atoms with Crippen molar-refractivity contribution in [3.63, 3.8) is 0 Å². The number of aliphatic hydroxyl groups excluding tert-OH is 1. The van der Waals surface area contributed by atoms with Gasteiger partial charge in [0.05, 0.1) is 6.10 Å². The fourth-order valence-corrected chi connectivity index (χ4v) is 3.34. The van der Waals surface area contributed by atoms with Gasteiger partial charge >= 0.3 is 0 Å². The second-order valence-electron chi connectivity index (χ2n) is 6.39. The third-order valence-electron chi connectivity index (χ3n) is 4.56. The molecule has 0 aromatic carbocycles. The van der Waals surface area contributed by atoms with Crippen molar-refractivity contribution in [1.82, 2.24) is 9.80 Å². The lowest BCUT2D eigenvalue weighted by Gasteiger charge is -2.43. The molecule has 2 rings (SSSR count). The predicted octanol–water partition coefficient (Wildman–Crippen LogP) is 1.17. The summed E-state index contributed by atoms with van der Waals surface area (Å²) in [4.78, 5) is 4.91. The van der Waals surface area contributed by atoms with Gasteiger partial charge in [-0.25, -0.2) is 0 Å². The first-order chi connectivity index (χ1) is 7.42. The minimum Gasteiger partial charge on any atom is -0.391 e. The van der Waals surface area contributed by atoms with Crippen LogP contribution in [0.1, 0.15) is 33.6 Å². The van der Waals surface area contributed by atoms with Crippen LogP contribution in [0, 0.1) is 5.41 Å². The normalized spacial score (nSPS) is 41.4. The van der Waals surface area contributed by atoms with Gasteiger partial charge < -0.3 is 10.0 Å². The van der Waals surface area contributed by atoms with Gasteiger partial charge in [-0.05, 0) is 32.2 Å². The van der Waals surface area contributed by atoms with Crippen LogP contribution in [-0.2, 0) is 0 Å². The number of hydrogen-bond acceptors (Lipinski definition) is 3. The highest BCUT2D eigenvalue weighted by atomic mass is 16.3. The zero-order valence-electron chi connectivity index (χ0n) is 11.1. The lowest BCUT2D eigenvalue weighted by molar-refractivity contribution is -0.0206. The van der Waals surface area contributed by atoms with Crippen molar-refractivity contribution in [2.45, 2.75) is 51.8 Å². The maximum absolute atomic E-state index is 10.4. The Balaban J connectivity index is 2.03. The highest BCUT2D eigenvalue weighted by Crippen LogP contribution is 2.40. The average Bonchev–Trinajstić information content (AvgIpc) is 2.44. The van der Waals surface area contributed by atoms with E-state index in [1.807, 2.05) is 0 Å². The van der Waals surface area contributed by atoms with Crippen LogP contribution in [0.2, 0.25) is 0 Å². The summed E-state index contributed by atoms with van der Waals surface area (Å²) < 4.78 is 0. The van der Waals surface area contributed by atoms with Crippen molar-refractivity contribution in [2.24, 2.45) is 5.41 Å². The fourth-order valence-electron chi connectivity index (χ4n) is 3.34. The molecule has 3 nitrogen and oxygen atoms in total. The van der Waals surface area contributed by atoms with Crippen molar-refractivity contribution in [1.29, 1.82) is 0 Å². The van der Waals surface area contributed by atoms with Crippen LogP contribution in [0.3, 0.4) is 0 Å². The van der Waals surface area contributed by atoms with Gasteiger partial charge in [0.15, 0.2) is 0 Å². The Morgan fingerprint density at radius 1 is 1.25 bits per heavy atom. The Hall–Kier alpha value is -0.120. The van der Waals surface area contributed by atoms with Crippen LogP contribution < -0.4 is 0 Å². The third kappa shape index (κ3) is 2.13. The molecule has 0 aromatic heterocycles. The van der Waals surface area contributed by atoms with Crippen molar-refractivity contribution >= 4 is 0 Å². The molecule has 1 N–H and O–H groups in total. The van der Waals surface area contributed by atoms with Gasteiger partial charge in [0, 0.05) is 31.7 Å². The van der Waals surface area contributed by atoms with E-state index >= 15 is 0 Å². The molecule has 1 heterocycles. The summed E-state index contributed by atoms with van der Waals surface area (Å²) in [5.74, 6) is 0. The van der Waals surface area contributed by atoms with Gasteiger partial charge in [-0.3, -0.25) is 4.90 Å². The van der Waals surface area contributed by atoms with E-state index < -0.39 is 0 Å². The van der Waals surface area contributed by atoms with Gasteiger partial charge in [-0.2, -0.15) is 0 Å². The fraction of sp³-hybridized carbons (Fsp3) is 1.00. The summed E-state index contributed by atoms with van der Waals surface area (Å²) in [7, 11) is 2.18. The Morgan fingerprint density at radius 2 is 1.94 bits per heavy atom. The van der Waals surface area contributed by atoms with E-state index in [2.05, 4.69) is 37.6 Å². The Morgan fingerprint density at radius 3 is 2.44 bits per heavy atom. The molecular formula is C13H26N2O. The van der Waals surface area contributed by atoms with E-state index in [1.165, 1.54) is 0 Å². The minimum atomic E-state index is -0.154. The minimum absolute atomic E-state index is 0.105. The van der Waals surface area contributed by atoms with Crippen LogP contribution in [0.5, 0.6) is 0 Å². The maximum Gasteiger partial charge on any atom is 0.0746 e. The molecule has 2 aliphatic rings. The summed E-state index contributed by atoms with van der Waals surface area (Å²) in [6.07, 6.45) is 2.15. The molecular weight excluding hydrogens is 200 g/mol. The van der Waals surface area contributed by atoms with Gasteiger partial charge in [0.1, 0.15) is 0 Å². The summed E-state index contributed by atoms with van der Waals surface area (Å²) in [5.41, 5.74) is 0.105. The van der Waals surface area contributed by atoms with Crippen LogP contribution in [-0.4, -0.2) is 59.8 Å². The first kappa shape index (κ1) is 12.3. The van der Waals surface area contributed by atoms with Gasteiger partial charge in [0.2, 0.25) is 0 Å². The quantitative estimate of drug-likeness (QED) is 0.727. The Kier molecular flexibility index (Phi) is 3.30. The first-order valence-electron chi connectivity index (χ1n) is 6.54. The first-order valence-corrected chi connectivity index (χ1v) is 6.54. The van der Waals surface area contributed by atoms with Crippen molar-refractivity contribution in [2.75, 3.05) is 26.7 Å². The topological polar surface area (TPSA) is 26.7 Å². The molecule has 1 saturated heterocycles. The van der Waals surface area contributed by atoms with Crippen LogP contribution >= 0.6 is 0 Å². The number of likely N-dealkylation sites (N-methyl/N-ethyl adjacent to an activating group) is 1. The predicted molar refractivity (Wildman–Crippen MR) is 66.5 cm³/mol. The molecule has 0 radical (unpaired) electrons. The standard InChI is InChI=1S/C13H26N2O/c1-10-9-14(4)7-8-15(10)11-5-6-13(2,3)12(11)16/h10-12,16H,5-9H2,1-4H3. The molecule has 1 aliphatic heterocycles. The molecule has 3 unspecified atom stereocenters. The summed E-state index contributed by atoms with van der Waals surface area (Å²) in [6, 6.07) is 0.964. The van der Waals surface area contributed by atoms with Crippen molar-refractivity contribution < 1.29 is 5.11 Å². The molecule has 0 spiro atoms. The molecule has 94 valence electrons. The maximum atomic E-state index is 10.4. The van der Waals surface area contributed by atoms with Crippen LogP contribution in [0.15, 0.2) is 0 Å². The van der Waals surface area contributed by atoms with Gasteiger partial charge in [0.25, 0.3) is 0 Å². The number of hydrogen-bond donors (Lipinski definition) is 1. The number of rotatable bonds is 1. The largest absolute Gasteiger partial charge is 0.391 e. The van der Waals surface area contributed by atoms with E-state index in [1.54, 1.807) is 0 Å². The average molecular weight is 226 g/mol. The van der Waals surface area contributed by atoms with E-state index in [-0.39, 0.29) is 11.5 Å². The molecule has 1 aliphatic carbocycles. The van der Waals surface area contributed by atoms with E-state index in [4.69, 9.17) is 0 Å². The highest BCUT2D eigenvalue weighted by molar-refractivity contribution is 4.98.